The van der Waals surface area contributed by atoms with E-state index in [1.807, 2.05) is 18.7 Å². The highest BCUT2D eigenvalue weighted by Crippen LogP contribution is 2.17. The van der Waals surface area contributed by atoms with Crippen molar-refractivity contribution in [2.24, 2.45) is 18.9 Å². The first kappa shape index (κ1) is 10.5. The Hall–Kier alpha value is -1.03. The zero-order valence-electron chi connectivity index (χ0n) is 9.75. The predicted molar refractivity (Wildman–Crippen MR) is 62.0 cm³/mol. The zero-order valence-corrected chi connectivity index (χ0v) is 9.75. The van der Waals surface area contributed by atoms with Crippen molar-refractivity contribution in [1.82, 2.24) is 15.1 Å². The second-order valence-corrected chi connectivity index (χ2v) is 4.57. The Labute approximate surface area is 91.1 Å². The minimum Gasteiger partial charge on any atom is -0.370 e. The molecule has 0 bridgehead atoms. The number of nitrogens with one attached hydrogen (secondary N) is 2. The first-order valence-corrected chi connectivity index (χ1v) is 5.62. The molecular weight excluding hydrogens is 188 g/mol. The van der Waals surface area contributed by atoms with Gasteiger partial charge in [0.15, 0.2) is 0 Å². The average molecular weight is 208 g/mol. The van der Waals surface area contributed by atoms with Gasteiger partial charge in [-0.25, -0.2) is 0 Å². The van der Waals surface area contributed by atoms with Gasteiger partial charge in [0.25, 0.3) is 0 Å². The predicted octanol–water partition coefficient (Wildman–Crippen LogP) is 0.996. The summed E-state index contributed by atoms with van der Waals surface area (Å²) in [4.78, 5) is 0. The molecule has 0 saturated carbocycles. The number of rotatable bonds is 3. The Morgan fingerprint density at radius 1 is 1.60 bits per heavy atom. The molecule has 2 rings (SSSR count). The summed E-state index contributed by atoms with van der Waals surface area (Å²) in [7, 11) is 1.98. The van der Waals surface area contributed by atoms with Crippen molar-refractivity contribution in [3.05, 3.63) is 11.8 Å². The number of aromatic nitrogens is 2. The van der Waals surface area contributed by atoms with Crippen molar-refractivity contribution < 1.29 is 0 Å². The van der Waals surface area contributed by atoms with Gasteiger partial charge in [-0.2, -0.15) is 5.10 Å². The maximum Gasteiger partial charge on any atom is 0.124 e. The number of hydrogen-bond acceptors (Lipinski definition) is 3. The summed E-state index contributed by atoms with van der Waals surface area (Å²) in [5, 5.41) is 11.2. The van der Waals surface area contributed by atoms with Crippen molar-refractivity contribution >= 4 is 5.82 Å². The van der Waals surface area contributed by atoms with Crippen LogP contribution in [0.5, 0.6) is 0 Å². The lowest BCUT2D eigenvalue weighted by Crippen LogP contribution is -2.21. The van der Waals surface area contributed by atoms with Crippen LogP contribution in [0.15, 0.2) is 6.07 Å². The topological polar surface area (TPSA) is 41.9 Å². The van der Waals surface area contributed by atoms with E-state index in [2.05, 4.69) is 28.7 Å². The lowest BCUT2D eigenvalue weighted by Gasteiger charge is -2.15. The third-order valence-electron chi connectivity index (χ3n) is 3.22. The molecular formula is C11H20N4. The maximum absolute atomic E-state index is 4.31. The highest BCUT2D eigenvalue weighted by Gasteiger charge is 2.22. The van der Waals surface area contributed by atoms with Crippen molar-refractivity contribution in [3.63, 3.8) is 0 Å². The molecule has 15 heavy (non-hydrogen) atoms. The van der Waals surface area contributed by atoms with E-state index in [1.54, 1.807) is 0 Å². The minimum absolute atomic E-state index is 0.736. The van der Waals surface area contributed by atoms with E-state index >= 15 is 0 Å². The molecule has 1 aromatic rings. The first-order valence-electron chi connectivity index (χ1n) is 5.62. The molecule has 0 amide bonds. The fraction of sp³-hybridized carbons (Fsp3) is 0.727. The molecule has 1 aliphatic heterocycles. The fourth-order valence-electron chi connectivity index (χ4n) is 2.15. The second-order valence-electron chi connectivity index (χ2n) is 4.57. The monoisotopic (exact) mass is 208 g/mol. The molecule has 0 spiro atoms. The van der Waals surface area contributed by atoms with Crippen molar-refractivity contribution in [2.75, 3.05) is 25.0 Å². The third kappa shape index (κ3) is 2.31. The Kier molecular flexibility index (Phi) is 2.95. The molecule has 4 heteroatoms. The Morgan fingerprint density at radius 3 is 2.93 bits per heavy atom. The molecule has 4 nitrogen and oxygen atoms in total. The summed E-state index contributed by atoms with van der Waals surface area (Å²) in [6, 6.07) is 2.09. The van der Waals surface area contributed by atoms with Crippen LogP contribution >= 0.6 is 0 Å². The van der Waals surface area contributed by atoms with E-state index in [9.17, 15) is 0 Å². The highest BCUT2D eigenvalue weighted by atomic mass is 15.3. The number of hydrogen-bond donors (Lipinski definition) is 2. The van der Waals surface area contributed by atoms with E-state index < -0.39 is 0 Å². The molecule has 84 valence electrons. The smallest absolute Gasteiger partial charge is 0.124 e. The molecule has 2 atom stereocenters. The summed E-state index contributed by atoms with van der Waals surface area (Å²) in [6.07, 6.45) is 0. The van der Waals surface area contributed by atoms with Crippen molar-refractivity contribution in [2.45, 2.75) is 13.8 Å². The summed E-state index contributed by atoms with van der Waals surface area (Å²) < 4.78 is 1.91. The van der Waals surface area contributed by atoms with Crippen LogP contribution in [0.4, 0.5) is 5.82 Å². The summed E-state index contributed by atoms with van der Waals surface area (Å²) in [6.45, 7) is 7.64. The van der Waals surface area contributed by atoms with Crippen LogP contribution in [0.2, 0.25) is 0 Å². The molecule has 2 heterocycles. The molecule has 1 saturated heterocycles. The molecule has 1 fully saturated rings. The van der Waals surface area contributed by atoms with Gasteiger partial charge in [0.2, 0.25) is 0 Å². The Morgan fingerprint density at radius 2 is 2.40 bits per heavy atom. The van der Waals surface area contributed by atoms with Crippen LogP contribution in [-0.2, 0) is 7.05 Å². The lowest BCUT2D eigenvalue weighted by molar-refractivity contribution is 0.473. The van der Waals surface area contributed by atoms with Crippen LogP contribution in [0.3, 0.4) is 0 Å². The van der Waals surface area contributed by atoms with Crippen LogP contribution in [0, 0.1) is 18.8 Å². The molecule has 2 N–H and O–H groups in total. The van der Waals surface area contributed by atoms with Crippen molar-refractivity contribution in [1.29, 1.82) is 0 Å². The van der Waals surface area contributed by atoms with Crippen LogP contribution in [-0.4, -0.2) is 29.4 Å². The van der Waals surface area contributed by atoms with Crippen LogP contribution in [0.1, 0.15) is 12.6 Å². The van der Waals surface area contributed by atoms with E-state index in [1.165, 1.54) is 0 Å². The average Bonchev–Trinajstić information content (AvgIpc) is 2.70. The molecule has 0 aromatic carbocycles. The summed E-state index contributed by atoms with van der Waals surface area (Å²) in [5.74, 6) is 2.62. The van der Waals surface area contributed by atoms with Gasteiger partial charge in [0.1, 0.15) is 5.82 Å². The summed E-state index contributed by atoms with van der Waals surface area (Å²) in [5.41, 5.74) is 1.07. The van der Waals surface area contributed by atoms with Gasteiger partial charge in [-0.1, -0.05) is 6.92 Å². The normalized spacial score (nSPS) is 25.8. The molecule has 0 radical (unpaired) electrons. The molecule has 1 aromatic heterocycles. The quantitative estimate of drug-likeness (QED) is 0.778. The second kappa shape index (κ2) is 4.23. The van der Waals surface area contributed by atoms with E-state index in [4.69, 9.17) is 0 Å². The zero-order chi connectivity index (χ0) is 10.8. The highest BCUT2D eigenvalue weighted by molar-refractivity contribution is 5.36. The van der Waals surface area contributed by atoms with Gasteiger partial charge in [0.05, 0.1) is 5.69 Å². The summed E-state index contributed by atoms with van der Waals surface area (Å²) >= 11 is 0. The van der Waals surface area contributed by atoms with Gasteiger partial charge in [-0.05, 0) is 31.8 Å². The van der Waals surface area contributed by atoms with Gasteiger partial charge >= 0.3 is 0 Å². The van der Waals surface area contributed by atoms with E-state index in [0.717, 1.165) is 43.0 Å². The van der Waals surface area contributed by atoms with E-state index in [0.29, 0.717) is 0 Å². The number of anilines is 1. The third-order valence-corrected chi connectivity index (χ3v) is 3.22. The fourth-order valence-corrected chi connectivity index (χ4v) is 2.15. The number of aryl methyl sites for hydroxylation is 2. The van der Waals surface area contributed by atoms with Gasteiger partial charge < -0.3 is 10.6 Å². The van der Waals surface area contributed by atoms with Crippen LogP contribution in [0.25, 0.3) is 0 Å². The first-order chi connectivity index (χ1) is 7.16. The van der Waals surface area contributed by atoms with Crippen molar-refractivity contribution in [3.8, 4) is 0 Å². The van der Waals surface area contributed by atoms with Gasteiger partial charge in [-0.3, -0.25) is 4.68 Å². The minimum atomic E-state index is 0.736. The lowest BCUT2D eigenvalue weighted by atomic mass is 9.98. The maximum atomic E-state index is 4.31. The number of nitrogens with zero attached hydrogens (tertiary/aromatic N) is 2. The van der Waals surface area contributed by atoms with Gasteiger partial charge in [0, 0.05) is 19.7 Å². The Balaban J connectivity index is 1.90. The van der Waals surface area contributed by atoms with E-state index in [-0.39, 0.29) is 0 Å². The van der Waals surface area contributed by atoms with Gasteiger partial charge in [-0.15, -0.1) is 0 Å². The Bertz CT molecular complexity index is 331. The molecule has 0 aliphatic carbocycles. The van der Waals surface area contributed by atoms with Crippen LogP contribution < -0.4 is 10.6 Å². The standard InChI is InChI=1S/C11H20N4/c1-8-5-12-6-10(8)7-13-11-4-9(2)14-15(11)3/h4,8,10,12-13H,5-7H2,1-3H3. The molecule has 1 aliphatic rings. The SMILES string of the molecule is Cc1cc(NCC2CNCC2C)n(C)n1. The molecule has 2 unspecified atom stereocenters. The largest absolute Gasteiger partial charge is 0.370 e.